The summed E-state index contributed by atoms with van der Waals surface area (Å²) in [7, 11) is 0. The van der Waals surface area contributed by atoms with Crippen LogP contribution in [0.4, 0.5) is 17.6 Å². The fourth-order valence-corrected chi connectivity index (χ4v) is 5.36. The molecule has 0 spiro atoms. The number of nitrogens with one attached hydrogen (secondary N) is 1. The van der Waals surface area contributed by atoms with Crippen LogP contribution in [0.3, 0.4) is 0 Å². The van der Waals surface area contributed by atoms with Gasteiger partial charge in [-0.3, -0.25) is 13.9 Å². The van der Waals surface area contributed by atoms with Gasteiger partial charge in [0.15, 0.2) is 0 Å². The van der Waals surface area contributed by atoms with E-state index in [-0.39, 0.29) is 42.2 Å². The van der Waals surface area contributed by atoms with Crippen LogP contribution < -0.4 is 16.6 Å². The minimum atomic E-state index is -4.76. The van der Waals surface area contributed by atoms with Gasteiger partial charge >= 0.3 is 11.9 Å². The van der Waals surface area contributed by atoms with Crippen LogP contribution >= 0.6 is 0 Å². The number of hydrogen-bond acceptors (Lipinski definition) is 4. The van der Waals surface area contributed by atoms with Gasteiger partial charge in [0.25, 0.3) is 5.56 Å². The van der Waals surface area contributed by atoms with E-state index in [1.165, 1.54) is 9.13 Å². The minimum Gasteiger partial charge on any atom is -0.314 e. The molecule has 2 aromatic carbocycles. The normalized spacial score (nSPS) is 19.5. The van der Waals surface area contributed by atoms with Crippen LogP contribution in [-0.4, -0.2) is 21.7 Å². The first kappa shape index (κ1) is 28.3. The Morgan fingerprint density at radius 2 is 1.79 bits per heavy atom. The molecule has 0 amide bonds. The Morgan fingerprint density at radius 3 is 2.44 bits per heavy atom. The summed E-state index contributed by atoms with van der Waals surface area (Å²) < 4.78 is 57.1. The van der Waals surface area contributed by atoms with E-state index in [4.69, 9.17) is 0 Å². The molecule has 0 unspecified atom stereocenters. The first-order chi connectivity index (χ1) is 18.5. The molecule has 1 saturated carbocycles. The summed E-state index contributed by atoms with van der Waals surface area (Å²) in [5, 5.41) is 13.2. The average Bonchev–Trinajstić information content (AvgIpc) is 2.92. The molecular weight excluding hydrogens is 512 g/mol. The van der Waals surface area contributed by atoms with Crippen molar-refractivity contribution in [3.05, 3.63) is 104 Å². The second-order valence-corrected chi connectivity index (χ2v) is 10.1. The Kier molecular flexibility index (Phi) is 8.40. The fourth-order valence-electron chi connectivity index (χ4n) is 5.36. The van der Waals surface area contributed by atoms with Crippen molar-refractivity contribution in [3.8, 4) is 6.07 Å². The van der Waals surface area contributed by atoms with Gasteiger partial charge in [-0.15, -0.1) is 0 Å². The molecular formula is C29H30F4N4O2. The number of nitrogens with zero attached hydrogens (tertiary/aromatic N) is 3. The summed E-state index contributed by atoms with van der Waals surface area (Å²) in [6.07, 6.45) is -1.34. The molecule has 0 aliphatic heterocycles. The summed E-state index contributed by atoms with van der Waals surface area (Å²) in [5.41, 5.74) is -1.92. The molecule has 0 radical (unpaired) electrons. The van der Waals surface area contributed by atoms with Gasteiger partial charge in [0.05, 0.1) is 23.6 Å². The SMILES string of the molecule is Cc1cn(Cc2ccccc2)c(=O)n(CCCN[C@H]2CC[C@](C#N)(c3ccc(F)cc3C(F)(F)F)CC2)c1=O. The third-order valence-electron chi connectivity index (χ3n) is 7.45. The first-order valence-corrected chi connectivity index (χ1v) is 12.9. The second kappa shape index (κ2) is 11.6. The third kappa shape index (κ3) is 6.31. The number of benzene rings is 2. The Bertz CT molecular complexity index is 1460. The number of nitriles is 1. The highest BCUT2D eigenvalue weighted by Gasteiger charge is 2.44. The van der Waals surface area contributed by atoms with E-state index in [0.29, 0.717) is 44.0 Å². The smallest absolute Gasteiger partial charge is 0.314 e. The van der Waals surface area contributed by atoms with E-state index in [1.807, 2.05) is 30.3 Å². The van der Waals surface area contributed by atoms with Crippen molar-refractivity contribution in [3.63, 3.8) is 0 Å². The van der Waals surface area contributed by atoms with Crippen molar-refractivity contribution in [1.82, 2.24) is 14.5 Å². The van der Waals surface area contributed by atoms with E-state index in [2.05, 4.69) is 11.4 Å². The average molecular weight is 543 g/mol. The number of alkyl halides is 3. The predicted molar refractivity (Wildman–Crippen MR) is 139 cm³/mol. The van der Waals surface area contributed by atoms with Gasteiger partial charge in [-0.1, -0.05) is 36.4 Å². The van der Waals surface area contributed by atoms with Crippen LogP contribution in [0.2, 0.25) is 0 Å². The number of rotatable bonds is 8. The molecule has 0 bridgehead atoms. The lowest BCUT2D eigenvalue weighted by molar-refractivity contribution is -0.139. The minimum absolute atomic E-state index is 0.0229. The predicted octanol–water partition coefficient (Wildman–Crippen LogP) is 4.91. The van der Waals surface area contributed by atoms with Crippen molar-refractivity contribution in [2.75, 3.05) is 6.54 Å². The monoisotopic (exact) mass is 542 g/mol. The Labute approximate surface area is 223 Å². The van der Waals surface area contributed by atoms with Gasteiger partial charge in [-0.2, -0.15) is 18.4 Å². The highest BCUT2D eigenvalue weighted by molar-refractivity contribution is 5.42. The van der Waals surface area contributed by atoms with Gasteiger partial charge in [-0.05, 0) is 68.8 Å². The Morgan fingerprint density at radius 1 is 1.10 bits per heavy atom. The number of aromatic nitrogens is 2. The summed E-state index contributed by atoms with van der Waals surface area (Å²) >= 11 is 0. The zero-order chi connectivity index (χ0) is 28.2. The van der Waals surface area contributed by atoms with Crippen LogP contribution in [0.1, 0.15) is 54.4 Å². The van der Waals surface area contributed by atoms with Crippen molar-refractivity contribution < 1.29 is 17.6 Å². The van der Waals surface area contributed by atoms with E-state index in [0.717, 1.165) is 17.7 Å². The number of halogens is 4. The molecule has 10 heteroatoms. The zero-order valence-corrected chi connectivity index (χ0v) is 21.6. The van der Waals surface area contributed by atoms with Crippen molar-refractivity contribution in [2.24, 2.45) is 0 Å². The summed E-state index contributed by atoms with van der Waals surface area (Å²) in [5.74, 6) is -0.992. The maximum Gasteiger partial charge on any atom is 0.416 e. The van der Waals surface area contributed by atoms with Crippen LogP contribution in [0.15, 0.2) is 64.3 Å². The van der Waals surface area contributed by atoms with Gasteiger partial charge in [-0.25, -0.2) is 9.18 Å². The zero-order valence-electron chi connectivity index (χ0n) is 21.6. The Hall–Kier alpha value is -3.71. The molecule has 1 aliphatic carbocycles. The molecule has 4 rings (SSSR count). The highest BCUT2D eigenvalue weighted by Crippen LogP contribution is 2.45. The summed E-state index contributed by atoms with van der Waals surface area (Å²) in [6.45, 7) is 2.74. The molecule has 206 valence electrons. The topological polar surface area (TPSA) is 79.8 Å². The second-order valence-electron chi connectivity index (χ2n) is 10.1. The number of aryl methyl sites for hydroxylation is 1. The van der Waals surface area contributed by atoms with E-state index < -0.39 is 23.0 Å². The lowest BCUT2D eigenvalue weighted by Gasteiger charge is -2.37. The van der Waals surface area contributed by atoms with Crippen molar-refractivity contribution in [2.45, 2.75) is 69.8 Å². The van der Waals surface area contributed by atoms with Crippen LogP contribution in [0.25, 0.3) is 0 Å². The Balaban J connectivity index is 1.37. The number of hydrogen-bond donors (Lipinski definition) is 1. The lowest BCUT2D eigenvalue weighted by Crippen LogP contribution is -2.42. The lowest BCUT2D eigenvalue weighted by atomic mass is 9.68. The maximum absolute atomic E-state index is 13.6. The fraction of sp³-hybridized carbons (Fsp3) is 0.414. The maximum atomic E-state index is 13.6. The molecule has 0 atom stereocenters. The van der Waals surface area contributed by atoms with Gasteiger partial charge in [0.1, 0.15) is 5.82 Å². The molecule has 1 heterocycles. The molecule has 1 aliphatic rings. The third-order valence-corrected chi connectivity index (χ3v) is 7.45. The molecule has 1 N–H and O–H groups in total. The van der Waals surface area contributed by atoms with Gasteiger partial charge in [0, 0.05) is 24.3 Å². The van der Waals surface area contributed by atoms with Gasteiger partial charge in [0.2, 0.25) is 0 Å². The van der Waals surface area contributed by atoms with Crippen molar-refractivity contribution >= 4 is 0 Å². The summed E-state index contributed by atoms with van der Waals surface area (Å²) in [6, 6.07) is 14.1. The van der Waals surface area contributed by atoms with Crippen LogP contribution in [0, 0.1) is 24.1 Å². The largest absolute Gasteiger partial charge is 0.416 e. The molecule has 3 aromatic rings. The molecule has 1 fully saturated rings. The molecule has 39 heavy (non-hydrogen) atoms. The highest BCUT2D eigenvalue weighted by atomic mass is 19.4. The molecule has 0 saturated heterocycles. The van der Waals surface area contributed by atoms with E-state index in [1.54, 1.807) is 13.1 Å². The van der Waals surface area contributed by atoms with E-state index in [9.17, 15) is 32.4 Å². The quantitative estimate of drug-likeness (QED) is 0.324. The standard InChI is InChI=1S/C29H30F4N4O2/c1-20-17-36(18-21-6-3-2-4-7-21)27(39)37(26(20)38)15-5-14-35-23-10-12-28(19-34,13-11-23)24-9-8-22(30)16-25(24)29(31,32)33/h2-4,6-9,16-17,23,35H,5,10-15,18H2,1H3/t23-,28-. The molecule has 6 nitrogen and oxygen atoms in total. The van der Waals surface area contributed by atoms with Crippen molar-refractivity contribution in [1.29, 1.82) is 5.26 Å². The van der Waals surface area contributed by atoms with Crippen LogP contribution in [0.5, 0.6) is 0 Å². The molecule has 1 aromatic heterocycles. The summed E-state index contributed by atoms with van der Waals surface area (Å²) in [4.78, 5) is 25.6. The first-order valence-electron chi connectivity index (χ1n) is 12.9. The van der Waals surface area contributed by atoms with Gasteiger partial charge < -0.3 is 5.32 Å². The van der Waals surface area contributed by atoms with Crippen LogP contribution in [-0.2, 0) is 24.7 Å². The van der Waals surface area contributed by atoms with E-state index >= 15 is 0 Å².